The smallest absolute Gasteiger partial charge is 0.00151 e. The summed E-state index contributed by atoms with van der Waals surface area (Å²) >= 11 is 0. The van der Waals surface area contributed by atoms with Crippen LogP contribution in [0.1, 0.15) is 52.9 Å². The molecule has 0 aliphatic carbocycles. The van der Waals surface area contributed by atoms with Gasteiger partial charge in [-0.3, -0.25) is 0 Å². The SMILES string of the molecule is CC(C)(C)C1CCN(CCCC2CCCNC2)C1. The lowest BCUT2D eigenvalue weighted by Gasteiger charge is -2.27. The fourth-order valence-corrected chi connectivity index (χ4v) is 3.52. The van der Waals surface area contributed by atoms with Crippen molar-refractivity contribution in [2.24, 2.45) is 17.3 Å². The second-order valence-electron chi connectivity index (χ2n) is 7.51. The molecule has 2 rings (SSSR count). The van der Waals surface area contributed by atoms with Crippen LogP contribution in [0.5, 0.6) is 0 Å². The average Bonchev–Trinajstić information content (AvgIpc) is 2.79. The first-order valence-corrected chi connectivity index (χ1v) is 7.99. The molecule has 2 unspecified atom stereocenters. The predicted molar refractivity (Wildman–Crippen MR) is 78.8 cm³/mol. The fourth-order valence-electron chi connectivity index (χ4n) is 3.52. The largest absolute Gasteiger partial charge is 0.316 e. The normalized spacial score (nSPS) is 30.8. The lowest BCUT2D eigenvalue weighted by molar-refractivity contribution is 0.224. The topological polar surface area (TPSA) is 15.3 Å². The Bertz CT molecular complexity index is 238. The molecule has 0 spiro atoms. The Morgan fingerprint density at radius 3 is 2.67 bits per heavy atom. The van der Waals surface area contributed by atoms with Gasteiger partial charge in [0, 0.05) is 6.54 Å². The van der Waals surface area contributed by atoms with Gasteiger partial charge in [0.2, 0.25) is 0 Å². The van der Waals surface area contributed by atoms with Gasteiger partial charge in [-0.1, -0.05) is 20.8 Å². The van der Waals surface area contributed by atoms with Gasteiger partial charge >= 0.3 is 0 Å². The van der Waals surface area contributed by atoms with Gasteiger partial charge in [-0.05, 0) is 75.5 Å². The zero-order valence-corrected chi connectivity index (χ0v) is 12.7. The van der Waals surface area contributed by atoms with Gasteiger partial charge in [0.05, 0.1) is 0 Å². The fraction of sp³-hybridized carbons (Fsp3) is 1.00. The van der Waals surface area contributed by atoms with E-state index in [1.54, 1.807) is 0 Å². The number of likely N-dealkylation sites (tertiary alicyclic amines) is 1. The van der Waals surface area contributed by atoms with Crippen LogP contribution in [0, 0.1) is 17.3 Å². The first-order chi connectivity index (χ1) is 8.55. The van der Waals surface area contributed by atoms with E-state index < -0.39 is 0 Å². The summed E-state index contributed by atoms with van der Waals surface area (Å²) in [4.78, 5) is 2.70. The van der Waals surface area contributed by atoms with Crippen molar-refractivity contribution >= 4 is 0 Å². The Kier molecular flexibility index (Phi) is 5.08. The maximum absolute atomic E-state index is 3.53. The quantitative estimate of drug-likeness (QED) is 0.827. The molecule has 0 radical (unpaired) electrons. The summed E-state index contributed by atoms with van der Waals surface area (Å²) in [6, 6.07) is 0. The van der Waals surface area contributed by atoms with Crippen LogP contribution >= 0.6 is 0 Å². The van der Waals surface area contributed by atoms with Gasteiger partial charge in [-0.25, -0.2) is 0 Å². The third kappa shape index (κ3) is 4.24. The number of nitrogens with one attached hydrogen (secondary N) is 1. The number of hydrogen-bond acceptors (Lipinski definition) is 2. The van der Waals surface area contributed by atoms with Crippen LogP contribution in [0.25, 0.3) is 0 Å². The number of hydrogen-bond donors (Lipinski definition) is 1. The molecule has 2 nitrogen and oxygen atoms in total. The van der Waals surface area contributed by atoms with Crippen LogP contribution < -0.4 is 5.32 Å². The predicted octanol–water partition coefficient (Wildman–Crippen LogP) is 3.13. The third-order valence-electron chi connectivity index (χ3n) is 4.98. The molecule has 2 aliphatic heterocycles. The van der Waals surface area contributed by atoms with Crippen molar-refractivity contribution in [2.75, 3.05) is 32.7 Å². The highest BCUT2D eigenvalue weighted by molar-refractivity contribution is 4.83. The zero-order chi connectivity index (χ0) is 13.0. The van der Waals surface area contributed by atoms with E-state index in [1.165, 1.54) is 64.8 Å². The number of rotatable bonds is 4. The zero-order valence-electron chi connectivity index (χ0n) is 12.7. The summed E-state index contributed by atoms with van der Waals surface area (Å²) in [6.45, 7) is 13.7. The van der Waals surface area contributed by atoms with E-state index in [4.69, 9.17) is 0 Å². The molecule has 2 fully saturated rings. The number of nitrogens with zero attached hydrogens (tertiary/aromatic N) is 1. The molecule has 0 aromatic carbocycles. The Morgan fingerprint density at radius 2 is 2.06 bits per heavy atom. The van der Waals surface area contributed by atoms with E-state index >= 15 is 0 Å². The van der Waals surface area contributed by atoms with E-state index in [0.717, 1.165) is 11.8 Å². The van der Waals surface area contributed by atoms with Gasteiger partial charge in [0.1, 0.15) is 0 Å². The lowest BCUT2D eigenvalue weighted by Crippen LogP contribution is -2.31. The molecular weight excluding hydrogens is 220 g/mol. The summed E-state index contributed by atoms with van der Waals surface area (Å²) < 4.78 is 0. The van der Waals surface area contributed by atoms with E-state index in [9.17, 15) is 0 Å². The third-order valence-corrected chi connectivity index (χ3v) is 4.98. The Balaban J connectivity index is 1.60. The van der Waals surface area contributed by atoms with Crippen LogP contribution in [0.3, 0.4) is 0 Å². The molecule has 0 amide bonds. The van der Waals surface area contributed by atoms with Gasteiger partial charge in [0.25, 0.3) is 0 Å². The van der Waals surface area contributed by atoms with Gasteiger partial charge < -0.3 is 10.2 Å². The maximum atomic E-state index is 3.53. The van der Waals surface area contributed by atoms with Crippen LogP contribution in [-0.2, 0) is 0 Å². The Hall–Kier alpha value is -0.0800. The van der Waals surface area contributed by atoms with Crippen LogP contribution in [0.15, 0.2) is 0 Å². The van der Waals surface area contributed by atoms with Gasteiger partial charge in [-0.2, -0.15) is 0 Å². The van der Waals surface area contributed by atoms with Crippen molar-refractivity contribution in [3.05, 3.63) is 0 Å². The molecule has 2 heterocycles. The van der Waals surface area contributed by atoms with E-state index in [1.807, 2.05) is 0 Å². The van der Waals surface area contributed by atoms with Crippen LogP contribution in [0.2, 0.25) is 0 Å². The first kappa shape index (κ1) is 14.3. The van der Waals surface area contributed by atoms with Crippen molar-refractivity contribution in [2.45, 2.75) is 52.9 Å². The van der Waals surface area contributed by atoms with Crippen molar-refractivity contribution in [3.8, 4) is 0 Å². The average molecular weight is 252 g/mol. The molecule has 18 heavy (non-hydrogen) atoms. The van der Waals surface area contributed by atoms with Crippen molar-refractivity contribution in [1.82, 2.24) is 10.2 Å². The molecule has 0 aromatic rings. The van der Waals surface area contributed by atoms with E-state index in [2.05, 4.69) is 31.0 Å². The standard InChI is InChI=1S/C16H32N2/c1-16(2,3)15-8-11-18(13-15)10-5-7-14-6-4-9-17-12-14/h14-15,17H,4-13H2,1-3H3. The highest BCUT2D eigenvalue weighted by Gasteiger charge is 2.31. The molecule has 2 aliphatic rings. The minimum absolute atomic E-state index is 0.502. The molecular formula is C16H32N2. The van der Waals surface area contributed by atoms with Crippen molar-refractivity contribution in [3.63, 3.8) is 0 Å². The molecule has 0 saturated carbocycles. The molecule has 106 valence electrons. The van der Waals surface area contributed by atoms with Crippen LogP contribution in [0.4, 0.5) is 0 Å². The lowest BCUT2D eigenvalue weighted by atomic mass is 9.80. The molecule has 2 atom stereocenters. The summed E-state index contributed by atoms with van der Waals surface area (Å²) in [5, 5.41) is 3.53. The van der Waals surface area contributed by atoms with Gasteiger partial charge in [-0.15, -0.1) is 0 Å². The molecule has 1 N–H and O–H groups in total. The summed E-state index contributed by atoms with van der Waals surface area (Å²) in [7, 11) is 0. The van der Waals surface area contributed by atoms with E-state index in [-0.39, 0.29) is 0 Å². The summed E-state index contributed by atoms with van der Waals surface area (Å²) in [6.07, 6.45) is 7.10. The maximum Gasteiger partial charge on any atom is 0.00151 e. The second-order valence-corrected chi connectivity index (χ2v) is 7.51. The molecule has 2 saturated heterocycles. The van der Waals surface area contributed by atoms with Crippen molar-refractivity contribution < 1.29 is 0 Å². The highest BCUT2D eigenvalue weighted by Crippen LogP contribution is 2.33. The first-order valence-electron chi connectivity index (χ1n) is 7.99. The van der Waals surface area contributed by atoms with Crippen LogP contribution in [-0.4, -0.2) is 37.6 Å². The summed E-state index contributed by atoms with van der Waals surface area (Å²) in [5.41, 5.74) is 0.502. The molecule has 0 bridgehead atoms. The Labute approximate surface area is 114 Å². The monoisotopic (exact) mass is 252 g/mol. The minimum Gasteiger partial charge on any atom is -0.316 e. The van der Waals surface area contributed by atoms with E-state index in [0.29, 0.717) is 5.41 Å². The minimum atomic E-state index is 0.502. The molecule has 0 aromatic heterocycles. The highest BCUT2D eigenvalue weighted by atomic mass is 15.1. The molecule has 2 heteroatoms. The van der Waals surface area contributed by atoms with Crippen molar-refractivity contribution in [1.29, 1.82) is 0 Å². The summed E-state index contributed by atoms with van der Waals surface area (Å²) in [5.74, 6) is 1.87. The number of piperidine rings is 1. The second kappa shape index (κ2) is 6.38. The van der Waals surface area contributed by atoms with Gasteiger partial charge in [0.15, 0.2) is 0 Å². The Morgan fingerprint density at radius 1 is 1.22 bits per heavy atom.